The van der Waals surface area contributed by atoms with Crippen molar-refractivity contribution in [2.24, 2.45) is 0 Å². The number of anilines is 2. The van der Waals surface area contributed by atoms with Crippen molar-refractivity contribution in [1.82, 2.24) is 15.4 Å². The van der Waals surface area contributed by atoms with Crippen molar-refractivity contribution in [1.29, 1.82) is 0 Å². The Morgan fingerprint density at radius 2 is 1.58 bits per heavy atom. The summed E-state index contributed by atoms with van der Waals surface area (Å²) < 4.78 is 40.9. The average molecular weight is 525 g/mol. The third-order valence-electron chi connectivity index (χ3n) is 5.25. The van der Waals surface area contributed by atoms with Gasteiger partial charge in [-0.05, 0) is 36.4 Å². The highest BCUT2D eigenvalue weighted by molar-refractivity contribution is 6.16. The van der Waals surface area contributed by atoms with Gasteiger partial charge >= 0.3 is 18.2 Å². The first-order valence-corrected chi connectivity index (χ1v) is 10.9. The van der Waals surface area contributed by atoms with Gasteiger partial charge in [-0.2, -0.15) is 13.2 Å². The zero-order valence-electron chi connectivity index (χ0n) is 19.5. The van der Waals surface area contributed by atoms with Crippen LogP contribution in [0.25, 0.3) is 11.0 Å². The molecule has 38 heavy (non-hydrogen) atoms. The van der Waals surface area contributed by atoms with Gasteiger partial charge in [0.2, 0.25) is 5.95 Å². The van der Waals surface area contributed by atoms with Crippen molar-refractivity contribution < 1.29 is 37.1 Å². The van der Waals surface area contributed by atoms with Crippen LogP contribution in [0.2, 0.25) is 0 Å². The molecule has 0 saturated carbocycles. The van der Waals surface area contributed by atoms with Crippen LogP contribution in [-0.4, -0.2) is 46.9 Å². The molecule has 1 heterocycles. The van der Waals surface area contributed by atoms with Gasteiger partial charge in [-0.15, -0.1) is 0 Å². The third kappa shape index (κ3) is 5.61. The number of halogens is 3. The van der Waals surface area contributed by atoms with E-state index in [9.17, 15) is 32.3 Å². The molecular weight excluding hydrogens is 507 g/mol. The molecule has 0 saturated heterocycles. The Morgan fingerprint density at radius 3 is 2.26 bits per heavy atom. The molecule has 0 fully saturated rings. The molecule has 0 radical (unpaired) electrons. The molecule has 194 valence electrons. The quantitative estimate of drug-likeness (QED) is 0.149. The fourth-order valence-corrected chi connectivity index (χ4v) is 3.34. The van der Waals surface area contributed by atoms with Gasteiger partial charge in [0.15, 0.2) is 5.78 Å². The molecule has 0 aliphatic heterocycles. The number of hydrogen-bond donors (Lipinski definition) is 3. The molecule has 0 atom stereocenters. The number of benzene rings is 3. The first-order valence-electron chi connectivity index (χ1n) is 10.9. The van der Waals surface area contributed by atoms with Crippen LogP contribution < -0.4 is 15.8 Å². The zero-order valence-corrected chi connectivity index (χ0v) is 19.5. The number of alkyl halides is 3. The number of ether oxygens (including phenoxy) is 1. The van der Waals surface area contributed by atoms with Gasteiger partial charge in [-0.1, -0.05) is 36.4 Å². The number of esters is 1. The van der Waals surface area contributed by atoms with Gasteiger partial charge in [0.25, 0.3) is 5.91 Å². The van der Waals surface area contributed by atoms with E-state index in [2.05, 4.69) is 25.6 Å². The first kappa shape index (κ1) is 25.9. The molecule has 0 bridgehead atoms. The van der Waals surface area contributed by atoms with Crippen molar-refractivity contribution in [3.8, 4) is 0 Å². The van der Waals surface area contributed by atoms with Gasteiger partial charge < -0.3 is 9.72 Å². The summed E-state index contributed by atoms with van der Waals surface area (Å²) in [5, 5.41) is 0. The number of imidazole rings is 1. The van der Waals surface area contributed by atoms with Gasteiger partial charge in [-0.25, -0.2) is 19.5 Å². The average Bonchev–Trinajstić information content (AvgIpc) is 3.34. The van der Waals surface area contributed by atoms with Crippen molar-refractivity contribution in [2.75, 3.05) is 17.4 Å². The number of amides is 2. The predicted octanol–water partition coefficient (Wildman–Crippen LogP) is 4.21. The van der Waals surface area contributed by atoms with E-state index in [0.29, 0.717) is 10.6 Å². The standard InChI is InChI=1S/C25H18F3N5O5/c1-33(24(37)38-22(36)25(26,27)28)23-29-18-12-11-14(13-19(18)30-23)20(34)16-9-5-6-10-17(16)21(35)32-31-15-7-3-2-4-8-15/h2-13,31H,1H3,(H,29,30)(H,32,35). The van der Waals surface area contributed by atoms with E-state index in [0.717, 1.165) is 7.05 Å². The molecule has 0 spiro atoms. The SMILES string of the molecule is CN(C(=O)OC(=O)C(F)(F)F)c1nc2ccc(C(=O)c3ccccc3C(=O)NNc3ccccc3)cc2[nH]1. The van der Waals surface area contributed by atoms with Gasteiger partial charge in [0.05, 0.1) is 22.3 Å². The number of para-hydroxylation sites is 1. The Balaban J connectivity index is 1.54. The van der Waals surface area contributed by atoms with Crippen LogP contribution in [-0.2, 0) is 9.53 Å². The number of nitrogens with one attached hydrogen (secondary N) is 3. The van der Waals surface area contributed by atoms with E-state index in [1.165, 1.54) is 30.3 Å². The lowest BCUT2D eigenvalue weighted by atomic mass is 9.97. The number of hydrazine groups is 1. The van der Waals surface area contributed by atoms with Crippen LogP contribution >= 0.6 is 0 Å². The summed E-state index contributed by atoms with van der Waals surface area (Å²) in [6.45, 7) is 0. The number of aromatic nitrogens is 2. The largest absolute Gasteiger partial charge is 0.491 e. The van der Waals surface area contributed by atoms with Crippen molar-refractivity contribution >= 4 is 46.4 Å². The summed E-state index contributed by atoms with van der Waals surface area (Å²) in [4.78, 5) is 56.2. The van der Waals surface area contributed by atoms with E-state index < -0.39 is 29.9 Å². The molecular formula is C25H18F3N5O5. The van der Waals surface area contributed by atoms with E-state index in [-0.39, 0.29) is 33.7 Å². The summed E-state index contributed by atoms with van der Waals surface area (Å²) in [6, 6.07) is 19.4. The minimum Gasteiger partial charge on any atom is -0.369 e. The van der Waals surface area contributed by atoms with E-state index in [4.69, 9.17) is 0 Å². The summed E-state index contributed by atoms with van der Waals surface area (Å²) in [5.41, 5.74) is 6.88. The second-order valence-electron chi connectivity index (χ2n) is 7.82. The Morgan fingerprint density at radius 1 is 0.921 bits per heavy atom. The van der Waals surface area contributed by atoms with Crippen LogP contribution in [0.4, 0.5) is 29.6 Å². The van der Waals surface area contributed by atoms with Crippen LogP contribution in [0, 0.1) is 0 Å². The summed E-state index contributed by atoms with van der Waals surface area (Å²) in [6.07, 6.45) is -6.95. The third-order valence-corrected chi connectivity index (χ3v) is 5.25. The second-order valence-corrected chi connectivity index (χ2v) is 7.82. The summed E-state index contributed by atoms with van der Waals surface area (Å²) >= 11 is 0. The van der Waals surface area contributed by atoms with Gasteiger partial charge in [0.1, 0.15) is 0 Å². The zero-order chi connectivity index (χ0) is 27.4. The number of ketones is 1. The number of fused-ring (bicyclic) bond motifs is 1. The van der Waals surface area contributed by atoms with Crippen LogP contribution in [0.15, 0.2) is 72.8 Å². The number of aromatic amines is 1. The topological polar surface area (TPSA) is 133 Å². The summed E-state index contributed by atoms with van der Waals surface area (Å²) in [7, 11) is 1.05. The number of hydrogen-bond acceptors (Lipinski definition) is 7. The molecule has 13 heteroatoms. The smallest absolute Gasteiger partial charge is 0.369 e. The molecule has 10 nitrogen and oxygen atoms in total. The van der Waals surface area contributed by atoms with Gasteiger partial charge in [0, 0.05) is 18.2 Å². The molecule has 4 rings (SSSR count). The highest BCUT2D eigenvalue weighted by Gasteiger charge is 2.43. The second kappa shape index (κ2) is 10.4. The normalized spacial score (nSPS) is 11.1. The lowest BCUT2D eigenvalue weighted by Crippen LogP contribution is -2.35. The minimum absolute atomic E-state index is 0.114. The fourth-order valence-electron chi connectivity index (χ4n) is 3.34. The predicted molar refractivity (Wildman–Crippen MR) is 129 cm³/mol. The molecule has 4 aromatic rings. The maximum Gasteiger partial charge on any atom is 0.491 e. The molecule has 2 amide bonds. The Hall–Kier alpha value is -5.20. The van der Waals surface area contributed by atoms with Crippen molar-refractivity contribution in [3.63, 3.8) is 0 Å². The van der Waals surface area contributed by atoms with Crippen LogP contribution in [0.3, 0.4) is 0 Å². The summed E-state index contributed by atoms with van der Waals surface area (Å²) in [5.74, 6) is -3.93. The van der Waals surface area contributed by atoms with E-state index in [1.54, 1.807) is 36.4 Å². The monoisotopic (exact) mass is 525 g/mol. The molecule has 0 aliphatic carbocycles. The fraction of sp³-hybridized carbons (Fsp3) is 0.0800. The Bertz CT molecular complexity index is 1540. The molecule has 0 aliphatic rings. The van der Waals surface area contributed by atoms with Gasteiger partial charge in [-0.3, -0.25) is 20.4 Å². The van der Waals surface area contributed by atoms with Crippen LogP contribution in [0.5, 0.6) is 0 Å². The molecule has 1 aromatic heterocycles. The molecule has 3 aromatic carbocycles. The van der Waals surface area contributed by atoms with Crippen LogP contribution in [0.1, 0.15) is 26.3 Å². The van der Waals surface area contributed by atoms with E-state index in [1.807, 2.05) is 6.07 Å². The first-order chi connectivity index (χ1) is 18.0. The highest BCUT2D eigenvalue weighted by Crippen LogP contribution is 2.23. The number of rotatable bonds is 6. The number of carbonyl (C=O) groups excluding carboxylic acids is 4. The number of carbonyl (C=O) groups is 4. The molecule has 3 N–H and O–H groups in total. The molecule has 0 unspecified atom stereocenters. The maximum absolute atomic E-state index is 13.3. The van der Waals surface area contributed by atoms with E-state index >= 15 is 0 Å². The maximum atomic E-state index is 13.3. The number of H-pyrrole nitrogens is 1. The highest BCUT2D eigenvalue weighted by atomic mass is 19.4. The van der Waals surface area contributed by atoms with Crippen molar-refractivity contribution in [3.05, 3.63) is 89.5 Å². The number of nitrogens with zero attached hydrogens (tertiary/aromatic N) is 2. The Labute approximate surface area is 212 Å². The lowest BCUT2D eigenvalue weighted by Gasteiger charge is -2.13. The lowest BCUT2D eigenvalue weighted by molar-refractivity contribution is -0.192. The Kier molecular flexibility index (Phi) is 7.10. The minimum atomic E-state index is -5.34. The van der Waals surface area contributed by atoms with Crippen molar-refractivity contribution in [2.45, 2.75) is 6.18 Å².